The second-order valence-corrected chi connectivity index (χ2v) is 6.73. The van der Waals surface area contributed by atoms with Crippen LogP contribution in [0, 0.1) is 5.82 Å². The van der Waals surface area contributed by atoms with E-state index < -0.39 is 21.7 Å². The summed E-state index contributed by atoms with van der Waals surface area (Å²) >= 11 is 11.7. The van der Waals surface area contributed by atoms with Crippen molar-refractivity contribution < 1.29 is 17.6 Å². The zero-order valence-corrected chi connectivity index (χ0v) is 13.1. The van der Waals surface area contributed by atoms with Crippen LogP contribution in [0.4, 0.5) is 10.1 Å². The fourth-order valence-corrected chi connectivity index (χ4v) is 3.28. The summed E-state index contributed by atoms with van der Waals surface area (Å²) in [6, 6.07) is 6.53. The van der Waals surface area contributed by atoms with Crippen LogP contribution in [0.5, 0.6) is 0 Å². The molecule has 0 bridgehead atoms. The maximum atomic E-state index is 12.8. The maximum absolute atomic E-state index is 12.8. The Kier molecular flexibility index (Phi) is 4.60. The minimum Gasteiger partial charge on any atom is -0.366 e. The van der Waals surface area contributed by atoms with Gasteiger partial charge >= 0.3 is 0 Å². The van der Waals surface area contributed by atoms with Crippen molar-refractivity contribution in [3.05, 3.63) is 57.8 Å². The second-order valence-electron chi connectivity index (χ2n) is 4.24. The van der Waals surface area contributed by atoms with Crippen LogP contribution in [0.2, 0.25) is 10.0 Å². The highest BCUT2D eigenvalue weighted by Crippen LogP contribution is 2.30. The van der Waals surface area contributed by atoms with Gasteiger partial charge in [0, 0.05) is 0 Å². The molecule has 1 amide bonds. The molecule has 9 heteroatoms. The molecule has 0 aliphatic heterocycles. The quantitative estimate of drug-likeness (QED) is 0.875. The Bertz CT molecular complexity index is 839. The fraction of sp³-hybridized carbons (Fsp3) is 0. The monoisotopic (exact) mass is 362 g/mol. The van der Waals surface area contributed by atoms with Crippen molar-refractivity contribution in [3.63, 3.8) is 0 Å². The van der Waals surface area contributed by atoms with E-state index in [0.29, 0.717) is 0 Å². The Morgan fingerprint density at radius 2 is 1.68 bits per heavy atom. The number of nitrogens with two attached hydrogens (primary N) is 1. The molecule has 0 aromatic heterocycles. The summed E-state index contributed by atoms with van der Waals surface area (Å²) in [4.78, 5) is 11.1. The van der Waals surface area contributed by atoms with Crippen LogP contribution < -0.4 is 10.5 Å². The van der Waals surface area contributed by atoms with E-state index >= 15 is 0 Å². The molecule has 0 atom stereocenters. The van der Waals surface area contributed by atoms with Gasteiger partial charge in [0.05, 0.1) is 26.2 Å². The normalized spacial score (nSPS) is 11.2. The number of hydrogen-bond acceptors (Lipinski definition) is 3. The van der Waals surface area contributed by atoms with Gasteiger partial charge in [-0.3, -0.25) is 9.52 Å². The minimum atomic E-state index is -4.00. The van der Waals surface area contributed by atoms with Gasteiger partial charge in [-0.15, -0.1) is 0 Å². The Labute approximate surface area is 135 Å². The lowest BCUT2D eigenvalue weighted by molar-refractivity contribution is 0.100. The van der Waals surface area contributed by atoms with Crippen LogP contribution in [-0.4, -0.2) is 14.3 Å². The number of halogens is 3. The number of hydrogen-bond donors (Lipinski definition) is 2. The minimum absolute atomic E-state index is 0.00206. The number of primary amides is 1. The van der Waals surface area contributed by atoms with Crippen LogP contribution in [0.1, 0.15) is 10.4 Å². The number of nitrogens with one attached hydrogen (secondary N) is 1. The van der Waals surface area contributed by atoms with Gasteiger partial charge < -0.3 is 5.73 Å². The number of benzene rings is 2. The topological polar surface area (TPSA) is 89.3 Å². The van der Waals surface area contributed by atoms with Gasteiger partial charge in [-0.2, -0.15) is 0 Å². The number of carbonyl (C=O) groups excluding carboxylic acids is 1. The Morgan fingerprint density at radius 3 is 2.23 bits per heavy atom. The van der Waals surface area contributed by atoms with Crippen molar-refractivity contribution in [1.82, 2.24) is 0 Å². The molecule has 0 unspecified atom stereocenters. The van der Waals surface area contributed by atoms with Gasteiger partial charge in [-0.1, -0.05) is 23.2 Å². The lowest BCUT2D eigenvalue weighted by Gasteiger charge is -2.11. The van der Waals surface area contributed by atoms with Crippen LogP contribution in [0.15, 0.2) is 41.3 Å². The molecule has 0 aliphatic carbocycles. The highest BCUT2D eigenvalue weighted by molar-refractivity contribution is 7.92. The van der Waals surface area contributed by atoms with E-state index in [4.69, 9.17) is 28.9 Å². The predicted molar refractivity (Wildman–Crippen MR) is 82.2 cm³/mol. The first-order valence-corrected chi connectivity index (χ1v) is 8.02. The van der Waals surface area contributed by atoms with Crippen LogP contribution >= 0.6 is 23.2 Å². The lowest BCUT2D eigenvalue weighted by atomic mass is 10.2. The predicted octanol–water partition coefficient (Wildman–Crippen LogP) is 3.03. The van der Waals surface area contributed by atoms with E-state index in [1.54, 1.807) is 0 Å². The van der Waals surface area contributed by atoms with Crippen molar-refractivity contribution in [2.75, 3.05) is 4.72 Å². The van der Waals surface area contributed by atoms with E-state index in [2.05, 4.69) is 4.72 Å². The number of amides is 1. The Balaban J connectivity index is 2.43. The van der Waals surface area contributed by atoms with Crippen molar-refractivity contribution in [1.29, 1.82) is 0 Å². The number of anilines is 1. The number of rotatable bonds is 4. The van der Waals surface area contributed by atoms with Gasteiger partial charge in [-0.25, -0.2) is 12.8 Å². The van der Waals surface area contributed by atoms with Gasteiger partial charge in [0.25, 0.3) is 10.0 Å². The summed E-state index contributed by atoms with van der Waals surface area (Å²) in [5.41, 5.74) is 4.99. The number of sulfonamides is 1. The third-order valence-corrected chi connectivity index (χ3v) is 4.70. The summed E-state index contributed by atoms with van der Waals surface area (Å²) in [6.07, 6.45) is 0. The van der Waals surface area contributed by atoms with E-state index in [1.165, 1.54) is 6.07 Å². The van der Waals surface area contributed by atoms with Crippen molar-refractivity contribution in [2.45, 2.75) is 4.90 Å². The molecular weight excluding hydrogens is 354 g/mol. The first-order valence-electron chi connectivity index (χ1n) is 5.78. The smallest absolute Gasteiger partial charge is 0.261 e. The molecule has 0 radical (unpaired) electrons. The summed E-state index contributed by atoms with van der Waals surface area (Å²) in [5, 5.41) is -0.0112. The van der Waals surface area contributed by atoms with E-state index in [9.17, 15) is 17.6 Å². The highest BCUT2D eigenvalue weighted by Gasteiger charge is 2.18. The molecule has 2 rings (SSSR count). The molecular formula is C13H9Cl2FN2O3S. The fourth-order valence-electron chi connectivity index (χ4n) is 1.63. The average Bonchev–Trinajstić information content (AvgIpc) is 2.41. The lowest BCUT2D eigenvalue weighted by Crippen LogP contribution is -2.16. The summed E-state index contributed by atoms with van der Waals surface area (Å²) < 4.78 is 39.4. The molecule has 22 heavy (non-hydrogen) atoms. The van der Waals surface area contributed by atoms with Gasteiger partial charge in [-0.05, 0) is 36.4 Å². The standard InChI is InChI=1S/C13H9Cl2FN2O3S/c14-10-6-11(15)12(5-9(10)13(17)19)18-22(20,21)8-3-1-7(16)2-4-8/h1-6,18H,(H2,17,19). The third-order valence-electron chi connectivity index (χ3n) is 2.69. The first-order chi connectivity index (χ1) is 10.2. The van der Waals surface area contributed by atoms with E-state index in [-0.39, 0.29) is 26.2 Å². The molecule has 2 aromatic carbocycles. The number of carbonyl (C=O) groups is 1. The zero-order chi connectivity index (χ0) is 16.5. The Morgan fingerprint density at radius 1 is 1.09 bits per heavy atom. The van der Waals surface area contributed by atoms with Crippen molar-refractivity contribution in [3.8, 4) is 0 Å². The molecule has 0 saturated carbocycles. The average molecular weight is 363 g/mol. The largest absolute Gasteiger partial charge is 0.366 e. The molecule has 2 aromatic rings. The van der Waals surface area contributed by atoms with E-state index in [0.717, 1.165) is 30.3 Å². The molecule has 0 fully saturated rings. The summed E-state index contributed by atoms with van der Waals surface area (Å²) in [7, 11) is -4.00. The van der Waals surface area contributed by atoms with Crippen LogP contribution in [0.25, 0.3) is 0 Å². The second kappa shape index (κ2) is 6.12. The van der Waals surface area contributed by atoms with E-state index in [1.807, 2.05) is 0 Å². The highest BCUT2D eigenvalue weighted by atomic mass is 35.5. The molecule has 0 saturated heterocycles. The van der Waals surface area contributed by atoms with Crippen LogP contribution in [0.3, 0.4) is 0 Å². The molecule has 3 N–H and O–H groups in total. The molecule has 5 nitrogen and oxygen atoms in total. The zero-order valence-electron chi connectivity index (χ0n) is 10.8. The third kappa shape index (κ3) is 3.49. The Hall–Kier alpha value is -1.83. The van der Waals surface area contributed by atoms with Gasteiger partial charge in [0.15, 0.2) is 0 Å². The summed E-state index contributed by atoms with van der Waals surface area (Å²) in [5.74, 6) is -1.40. The summed E-state index contributed by atoms with van der Waals surface area (Å²) in [6.45, 7) is 0. The molecule has 0 heterocycles. The molecule has 116 valence electrons. The van der Waals surface area contributed by atoms with Gasteiger partial charge in [0.1, 0.15) is 5.82 Å². The first kappa shape index (κ1) is 16.5. The van der Waals surface area contributed by atoms with Gasteiger partial charge in [0.2, 0.25) is 5.91 Å². The maximum Gasteiger partial charge on any atom is 0.261 e. The SMILES string of the molecule is NC(=O)c1cc(NS(=O)(=O)c2ccc(F)cc2)c(Cl)cc1Cl. The molecule has 0 spiro atoms. The van der Waals surface area contributed by atoms with Crippen molar-refractivity contribution >= 4 is 44.8 Å². The molecule has 0 aliphatic rings. The van der Waals surface area contributed by atoms with Crippen molar-refractivity contribution in [2.24, 2.45) is 5.73 Å². The van der Waals surface area contributed by atoms with Crippen LogP contribution in [-0.2, 0) is 10.0 Å².